The highest BCUT2D eigenvalue weighted by Gasteiger charge is 2.33. The summed E-state index contributed by atoms with van der Waals surface area (Å²) < 4.78 is 0.352. The third kappa shape index (κ3) is 5.54. The molecule has 0 saturated carbocycles. The largest absolute Gasteiger partial charge is 0.555 e. The monoisotopic (exact) mass is 238 g/mol. The van der Waals surface area contributed by atoms with Crippen molar-refractivity contribution in [3.8, 4) is 0 Å². The lowest BCUT2D eigenvalue weighted by Crippen LogP contribution is -2.21. The van der Waals surface area contributed by atoms with Crippen molar-refractivity contribution in [3.63, 3.8) is 0 Å². The molecule has 0 aromatic rings. The van der Waals surface area contributed by atoms with Gasteiger partial charge in [-0.25, -0.2) is 0 Å². The van der Waals surface area contributed by atoms with Crippen LogP contribution in [0.5, 0.6) is 0 Å². The van der Waals surface area contributed by atoms with Gasteiger partial charge in [0.05, 0.1) is 10.7 Å². The van der Waals surface area contributed by atoms with Crippen molar-refractivity contribution in [2.45, 2.75) is 51.4 Å². The van der Waals surface area contributed by atoms with Gasteiger partial charge in [-0.15, -0.1) is 11.8 Å². The molecule has 0 aliphatic heterocycles. The van der Waals surface area contributed by atoms with Crippen LogP contribution in [0.3, 0.4) is 0 Å². The van der Waals surface area contributed by atoms with Gasteiger partial charge in [0, 0.05) is 11.4 Å². The summed E-state index contributed by atoms with van der Waals surface area (Å²) in [4.78, 5) is 0. The smallest absolute Gasteiger partial charge is 0.0853 e. The van der Waals surface area contributed by atoms with Gasteiger partial charge >= 0.3 is 0 Å². The Bertz CT molecular complexity index is 163. The van der Waals surface area contributed by atoms with Crippen LogP contribution in [0.25, 0.3) is 0 Å². The SMILES string of the molecule is CC(C)(C)SC[P+](C)([S-])C(C)(C)C. The molecule has 0 radical (unpaired) electrons. The van der Waals surface area contributed by atoms with E-state index in [-0.39, 0.29) is 0 Å². The molecule has 0 amide bonds. The van der Waals surface area contributed by atoms with Gasteiger partial charge in [0.1, 0.15) is 0 Å². The van der Waals surface area contributed by atoms with Crippen LogP contribution in [-0.4, -0.2) is 22.1 Å². The lowest BCUT2D eigenvalue weighted by Gasteiger charge is -2.42. The maximum atomic E-state index is 5.74. The van der Waals surface area contributed by atoms with E-state index >= 15 is 0 Å². The van der Waals surface area contributed by atoms with E-state index in [9.17, 15) is 0 Å². The van der Waals surface area contributed by atoms with Gasteiger partial charge in [-0.05, 0) is 20.8 Å². The molecule has 0 bridgehead atoms. The van der Waals surface area contributed by atoms with Crippen molar-refractivity contribution in [2.24, 2.45) is 0 Å². The number of thioether (sulfide) groups is 1. The first kappa shape index (κ1) is 14.1. The molecule has 13 heavy (non-hydrogen) atoms. The van der Waals surface area contributed by atoms with E-state index in [0.717, 1.165) is 5.49 Å². The van der Waals surface area contributed by atoms with Gasteiger partial charge in [-0.1, -0.05) is 27.2 Å². The van der Waals surface area contributed by atoms with E-state index in [1.807, 2.05) is 11.8 Å². The van der Waals surface area contributed by atoms with Crippen LogP contribution in [0.4, 0.5) is 0 Å². The average Bonchev–Trinajstić information content (AvgIpc) is 1.79. The van der Waals surface area contributed by atoms with Crippen LogP contribution in [-0.2, 0) is 12.2 Å². The molecule has 1 atom stereocenters. The van der Waals surface area contributed by atoms with E-state index in [2.05, 4.69) is 48.2 Å². The fourth-order valence-electron chi connectivity index (χ4n) is 0.510. The van der Waals surface area contributed by atoms with Gasteiger partial charge in [0.15, 0.2) is 0 Å². The molecule has 0 spiro atoms. The standard InChI is InChI=1S/C10H23PS2/c1-9(2,3)11(7,12)8-13-10(4,5)6/h8H2,1-7H3. The predicted octanol–water partition coefficient (Wildman–Crippen LogP) is 4.38. The van der Waals surface area contributed by atoms with Crippen LogP contribution in [0.2, 0.25) is 0 Å². The minimum absolute atomic E-state index is 0.320. The zero-order valence-electron chi connectivity index (χ0n) is 9.97. The quantitative estimate of drug-likeness (QED) is 0.517. The lowest BCUT2D eigenvalue weighted by molar-refractivity contribution is 0.782. The predicted molar refractivity (Wildman–Crippen MR) is 72.2 cm³/mol. The van der Waals surface area contributed by atoms with E-state index in [1.54, 1.807) is 0 Å². The summed E-state index contributed by atoms with van der Waals surface area (Å²) in [5, 5.41) is 0.320. The molecular formula is C10H23PS2. The summed E-state index contributed by atoms with van der Waals surface area (Å²) in [5.41, 5.74) is 1.16. The number of hydrogen-bond acceptors (Lipinski definition) is 2. The molecule has 0 rings (SSSR count). The van der Waals surface area contributed by atoms with Crippen molar-refractivity contribution in [3.05, 3.63) is 0 Å². The van der Waals surface area contributed by atoms with E-state index in [4.69, 9.17) is 12.2 Å². The number of hydrogen-bond donors (Lipinski definition) is 0. The third-order valence-corrected chi connectivity index (χ3v) is 10.9. The first-order chi connectivity index (χ1) is 5.46. The van der Waals surface area contributed by atoms with E-state index < -0.39 is 6.46 Å². The van der Waals surface area contributed by atoms with Crippen molar-refractivity contribution < 1.29 is 0 Å². The van der Waals surface area contributed by atoms with Gasteiger partial charge < -0.3 is 12.2 Å². The van der Waals surface area contributed by atoms with Gasteiger partial charge in [-0.2, -0.15) is 0 Å². The fourth-order valence-corrected chi connectivity index (χ4v) is 5.07. The molecule has 0 N–H and O–H groups in total. The first-order valence-electron chi connectivity index (χ1n) is 4.66. The summed E-state index contributed by atoms with van der Waals surface area (Å²) in [6, 6.07) is 0. The minimum atomic E-state index is -1.18. The Hall–Kier alpha value is 1.13. The highest BCUT2D eigenvalue weighted by atomic mass is 32.7. The molecule has 80 valence electrons. The highest BCUT2D eigenvalue weighted by Crippen LogP contribution is 2.66. The molecule has 0 aliphatic carbocycles. The minimum Gasteiger partial charge on any atom is -0.555 e. The summed E-state index contributed by atoms with van der Waals surface area (Å²) >= 11 is 7.75. The molecule has 0 aromatic carbocycles. The molecule has 0 saturated heterocycles. The van der Waals surface area contributed by atoms with Gasteiger partial charge in [-0.3, -0.25) is 0 Å². The topological polar surface area (TPSA) is 0 Å². The highest BCUT2D eigenvalue weighted by molar-refractivity contribution is 8.45. The summed E-state index contributed by atoms with van der Waals surface area (Å²) in [5.74, 6) is 0. The Morgan fingerprint density at radius 2 is 1.46 bits per heavy atom. The van der Waals surface area contributed by atoms with Crippen molar-refractivity contribution in [1.29, 1.82) is 0 Å². The zero-order valence-corrected chi connectivity index (χ0v) is 12.5. The van der Waals surface area contributed by atoms with Crippen LogP contribution >= 0.6 is 18.2 Å². The van der Waals surface area contributed by atoms with E-state index in [1.165, 1.54) is 0 Å². The van der Waals surface area contributed by atoms with Gasteiger partial charge in [0.25, 0.3) is 0 Å². The Balaban J connectivity index is 4.21. The Labute approximate surface area is 94.1 Å². The molecule has 0 fully saturated rings. The van der Waals surface area contributed by atoms with Crippen molar-refractivity contribution >= 4 is 30.5 Å². The third-order valence-electron chi connectivity index (χ3n) is 2.16. The second kappa shape index (κ2) is 4.33. The maximum absolute atomic E-state index is 5.74. The summed E-state index contributed by atoms with van der Waals surface area (Å²) in [7, 11) is 0. The summed E-state index contributed by atoms with van der Waals surface area (Å²) in [6.45, 7) is 14.7. The van der Waals surface area contributed by atoms with Crippen LogP contribution in [0, 0.1) is 0 Å². The van der Waals surface area contributed by atoms with Crippen molar-refractivity contribution in [1.82, 2.24) is 0 Å². The second-order valence-electron chi connectivity index (χ2n) is 5.66. The molecule has 1 unspecified atom stereocenters. The van der Waals surface area contributed by atoms with Gasteiger partial charge in [0.2, 0.25) is 0 Å². The zero-order chi connectivity index (χ0) is 10.9. The van der Waals surface area contributed by atoms with Crippen LogP contribution in [0.15, 0.2) is 0 Å². The van der Waals surface area contributed by atoms with Crippen LogP contribution < -0.4 is 0 Å². The molecule has 0 aliphatic rings. The normalized spacial score (nSPS) is 18.5. The Morgan fingerprint density at radius 1 is 1.08 bits per heavy atom. The molecule has 3 heteroatoms. The van der Waals surface area contributed by atoms with Crippen molar-refractivity contribution in [2.75, 3.05) is 12.2 Å². The molecule has 0 nitrogen and oxygen atoms in total. The lowest BCUT2D eigenvalue weighted by atomic mass is 10.3. The summed E-state index contributed by atoms with van der Waals surface area (Å²) in [6.07, 6.45) is 0. The molecule has 0 heterocycles. The molecule has 0 aromatic heterocycles. The van der Waals surface area contributed by atoms with E-state index in [0.29, 0.717) is 9.90 Å². The Kier molecular flexibility index (Phi) is 4.70. The van der Waals surface area contributed by atoms with Crippen LogP contribution in [0.1, 0.15) is 41.5 Å². The maximum Gasteiger partial charge on any atom is 0.0853 e. The second-order valence-corrected chi connectivity index (χ2v) is 14.2. The fraction of sp³-hybridized carbons (Fsp3) is 1.00. The number of rotatable bonds is 2. The Morgan fingerprint density at radius 3 is 1.69 bits per heavy atom. The first-order valence-corrected chi connectivity index (χ1v) is 9.08. The molecular weight excluding hydrogens is 215 g/mol. The average molecular weight is 238 g/mol.